The molecule has 4 heteroatoms. The largest absolute Gasteiger partial charge is 0.385 e. The average molecular weight is 227 g/mol. The van der Waals surface area contributed by atoms with E-state index < -0.39 is 0 Å². The third-order valence-corrected chi connectivity index (χ3v) is 2.71. The standard InChI is InChI=1S/C11H17NO2S/c1-9-4-5-10(8-15)11(13)12(9)6-3-7-14-2/h4-5,15H,3,6-8H2,1-2H3. The van der Waals surface area contributed by atoms with E-state index in [1.807, 2.05) is 19.1 Å². The fourth-order valence-electron chi connectivity index (χ4n) is 1.48. The first-order valence-electron chi connectivity index (χ1n) is 4.99. The summed E-state index contributed by atoms with van der Waals surface area (Å²) in [5.74, 6) is 0.489. The van der Waals surface area contributed by atoms with Gasteiger partial charge in [0.15, 0.2) is 0 Å². The van der Waals surface area contributed by atoms with Crippen molar-refractivity contribution in [2.45, 2.75) is 25.6 Å². The van der Waals surface area contributed by atoms with Crippen molar-refractivity contribution in [2.24, 2.45) is 0 Å². The average Bonchev–Trinajstić information content (AvgIpc) is 2.23. The van der Waals surface area contributed by atoms with E-state index in [2.05, 4.69) is 12.6 Å². The minimum absolute atomic E-state index is 0.0705. The number of hydrogen-bond donors (Lipinski definition) is 1. The lowest BCUT2D eigenvalue weighted by Crippen LogP contribution is -2.25. The summed E-state index contributed by atoms with van der Waals surface area (Å²) in [6.07, 6.45) is 0.854. The zero-order valence-corrected chi connectivity index (χ0v) is 10.1. The highest BCUT2D eigenvalue weighted by Gasteiger charge is 2.04. The molecule has 84 valence electrons. The van der Waals surface area contributed by atoms with E-state index in [1.54, 1.807) is 11.7 Å². The van der Waals surface area contributed by atoms with E-state index in [0.29, 0.717) is 18.9 Å². The van der Waals surface area contributed by atoms with Crippen LogP contribution in [0.3, 0.4) is 0 Å². The number of hydrogen-bond acceptors (Lipinski definition) is 3. The Morgan fingerprint density at radius 2 is 2.20 bits per heavy atom. The van der Waals surface area contributed by atoms with Gasteiger partial charge in [-0.25, -0.2) is 0 Å². The number of aromatic nitrogens is 1. The molecule has 0 amide bonds. The first-order valence-corrected chi connectivity index (χ1v) is 5.63. The molecule has 0 N–H and O–H groups in total. The molecule has 1 aromatic heterocycles. The van der Waals surface area contributed by atoms with Crippen LogP contribution in [0.5, 0.6) is 0 Å². The zero-order chi connectivity index (χ0) is 11.3. The van der Waals surface area contributed by atoms with Crippen LogP contribution in [0.4, 0.5) is 0 Å². The van der Waals surface area contributed by atoms with Gasteiger partial charge in [0.2, 0.25) is 0 Å². The van der Waals surface area contributed by atoms with Crippen LogP contribution in [0.1, 0.15) is 17.7 Å². The van der Waals surface area contributed by atoms with Crippen LogP contribution in [0.25, 0.3) is 0 Å². The lowest BCUT2D eigenvalue weighted by Gasteiger charge is -2.10. The van der Waals surface area contributed by atoms with Crippen molar-refractivity contribution in [1.29, 1.82) is 0 Å². The lowest BCUT2D eigenvalue weighted by atomic mass is 10.2. The molecule has 0 spiro atoms. The molecule has 0 fully saturated rings. The molecule has 0 aliphatic rings. The quantitative estimate of drug-likeness (QED) is 0.612. The van der Waals surface area contributed by atoms with Crippen LogP contribution >= 0.6 is 12.6 Å². The summed E-state index contributed by atoms with van der Waals surface area (Å²) in [5, 5.41) is 0. The zero-order valence-electron chi connectivity index (χ0n) is 9.19. The molecule has 0 unspecified atom stereocenters. The second-order valence-corrected chi connectivity index (χ2v) is 3.78. The van der Waals surface area contributed by atoms with Gasteiger partial charge in [-0.05, 0) is 19.4 Å². The molecule has 0 saturated heterocycles. The minimum atomic E-state index is 0.0705. The summed E-state index contributed by atoms with van der Waals surface area (Å²) >= 11 is 4.13. The van der Waals surface area contributed by atoms with Gasteiger partial charge < -0.3 is 9.30 Å². The van der Waals surface area contributed by atoms with E-state index in [9.17, 15) is 4.79 Å². The maximum Gasteiger partial charge on any atom is 0.254 e. The Hall–Kier alpha value is -0.740. The van der Waals surface area contributed by atoms with Crippen molar-refractivity contribution in [1.82, 2.24) is 4.57 Å². The van der Waals surface area contributed by atoms with Gasteiger partial charge in [-0.3, -0.25) is 4.79 Å². The molecule has 0 aliphatic heterocycles. The Bertz CT molecular complexity index is 373. The van der Waals surface area contributed by atoms with Gasteiger partial charge >= 0.3 is 0 Å². The number of pyridine rings is 1. The van der Waals surface area contributed by atoms with Gasteiger partial charge in [0.1, 0.15) is 0 Å². The van der Waals surface area contributed by atoms with Gasteiger partial charge in [-0.2, -0.15) is 12.6 Å². The van der Waals surface area contributed by atoms with Crippen LogP contribution in [0.2, 0.25) is 0 Å². The molecule has 0 radical (unpaired) electrons. The second-order valence-electron chi connectivity index (χ2n) is 3.46. The highest BCUT2D eigenvalue weighted by atomic mass is 32.1. The fraction of sp³-hybridized carbons (Fsp3) is 0.545. The summed E-state index contributed by atoms with van der Waals surface area (Å²) in [6, 6.07) is 3.80. The summed E-state index contributed by atoms with van der Waals surface area (Å²) in [7, 11) is 1.67. The Labute approximate surface area is 95.5 Å². The molecule has 0 bridgehead atoms. The monoisotopic (exact) mass is 227 g/mol. The number of ether oxygens (including phenoxy) is 1. The Morgan fingerprint density at radius 3 is 2.80 bits per heavy atom. The minimum Gasteiger partial charge on any atom is -0.385 e. The maximum atomic E-state index is 11.9. The highest BCUT2D eigenvalue weighted by Crippen LogP contribution is 2.02. The Balaban J connectivity index is 2.89. The number of rotatable bonds is 5. The third kappa shape index (κ3) is 3.11. The van der Waals surface area contributed by atoms with Crippen molar-refractivity contribution < 1.29 is 4.74 Å². The van der Waals surface area contributed by atoms with Crippen molar-refractivity contribution in [2.75, 3.05) is 13.7 Å². The van der Waals surface area contributed by atoms with Crippen molar-refractivity contribution in [3.8, 4) is 0 Å². The molecule has 0 saturated carbocycles. The van der Waals surface area contributed by atoms with Gasteiger partial charge in [0.05, 0.1) is 0 Å². The molecule has 1 rings (SSSR count). The lowest BCUT2D eigenvalue weighted by molar-refractivity contribution is 0.189. The Morgan fingerprint density at radius 1 is 1.47 bits per heavy atom. The van der Waals surface area contributed by atoms with Crippen molar-refractivity contribution in [3.63, 3.8) is 0 Å². The first kappa shape index (κ1) is 12.3. The Kier molecular flexibility index (Phi) is 4.91. The predicted octanol–water partition coefficient (Wildman–Crippen LogP) is 1.62. The van der Waals surface area contributed by atoms with Gasteiger partial charge in [0, 0.05) is 37.3 Å². The van der Waals surface area contributed by atoms with Crippen LogP contribution in [0, 0.1) is 6.92 Å². The highest BCUT2D eigenvalue weighted by molar-refractivity contribution is 7.79. The van der Waals surface area contributed by atoms with E-state index in [1.165, 1.54) is 0 Å². The third-order valence-electron chi connectivity index (χ3n) is 2.37. The van der Waals surface area contributed by atoms with Crippen molar-refractivity contribution in [3.05, 3.63) is 33.7 Å². The van der Waals surface area contributed by atoms with Crippen LogP contribution in [0.15, 0.2) is 16.9 Å². The van der Waals surface area contributed by atoms with Crippen molar-refractivity contribution >= 4 is 12.6 Å². The molecular weight excluding hydrogens is 210 g/mol. The number of thiol groups is 1. The molecule has 15 heavy (non-hydrogen) atoms. The maximum absolute atomic E-state index is 11.9. The van der Waals surface area contributed by atoms with Crippen LogP contribution in [-0.2, 0) is 17.0 Å². The van der Waals surface area contributed by atoms with E-state index in [-0.39, 0.29) is 5.56 Å². The van der Waals surface area contributed by atoms with Gasteiger partial charge in [0.25, 0.3) is 5.56 Å². The van der Waals surface area contributed by atoms with Gasteiger partial charge in [-0.1, -0.05) is 6.07 Å². The summed E-state index contributed by atoms with van der Waals surface area (Å²) in [6.45, 7) is 3.33. The van der Waals surface area contributed by atoms with Gasteiger partial charge in [-0.15, -0.1) is 0 Å². The molecule has 1 aromatic rings. The first-order chi connectivity index (χ1) is 7.20. The topological polar surface area (TPSA) is 31.2 Å². The summed E-state index contributed by atoms with van der Waals surface area (Å²) in [4.78, 5) is 11.9. The van der Waals surface area contributed by atoms with Crippen LogP contribution in [-0.4, -0.2) is 18.3 Å². The number of methoxy groups -OCH3 is 1. The van der Waals surface area contributed by atoms with Crippen LogP contribution < -0.4 is 5.56 Å². The predicted molar refractivity (Wildman–Crippen MR) is 64.6 cm³/mol. The summed E-state index contributed by atoms with van der Waals surface area (Å²) < 4.78 is 6.75. The second kappa shape index (κ2) is 5.98. The molecule has 3 nitrogen and oxygen atoms in total. The number of aryl methyl sites for hydroxylation is 1. The van der Waals surface area contributed by atoms with E-state index in [4.69, 9.17) is 4.74 Å². The molecule has 0 atom stereocenters. The fourth-order valence-corrected chi connectivity index (χ4v) is 1.72. The molecule has 0 aromatic carbocycles. The normalized spacial score (nSPS) is 10.6. The van der Waals surface area contributed by atoms with E-state index >= 15 is 0 Å². The smallest absolute Gasteiger partial charge is 0.254 e. The molecular formula is C11H17NO2S. The number of nitrogens with zero attached hydrogens (tertiary/aromatic N) is 1. The molecule has 0 aliphatic carbocycles. The van der Waals surface area contributed by atoms with E-state index in [0.717, 1.165) is 17.7 Å². The summed E-state index contributed by atoms with van der Waals surface area (Å²) in [5.41, 5.74) is 1.81. The molecule has 1 heterocycles. The SMILES string of the molecule is COCCCn1c(C)ccc(CS)c1=O.